The van der Waals surface area contributed by atoms with Crippen LogP contribution >= 0.6 is 0 Å². The van der Waals surface area contributed by atoms with Crippen LogP contribution in [0.25, 0.3) is 109 Å². The standard InChI is InChI=1S/C58H35NO/c1-2-13-36(14-3-1)42-18-4-6-27-51(42)59(41-33-31-37(32-34-41)43-20-11-25-49-44-19-5-7-28-53(44)60-58(43)49)52-35-40-17-10-23-46-45-21-8-15-38-29-30-39-16-9-22-47(55(39)54(38)45)48-24-12-26-50(52)57(48)56(40)46/h1-35H. The van der Waals surface area contributed by atoms with Crippen LogP contribution in [0.15, 0.2) is 217 Å². The van der Waals surface area contributed by atoms with E-state index in [1.165, 1.54) is 75.8 Å². The van der Waals surface area contributed by atoms with E-state index < -0.39 is 0 Å². The molecule has 1 heterocycles. The highest BCUT2D eigenvalue weighted by Crippen LogP contribution is 2.50. The minimum Gasteiger partial charge on any atom is -0.455 e. The number of nitrogens with zero attached hydrogens (tertiary/aromatic N) is 1. The van der Waals surface area contributed by atoms with Crippen molar-refractivity contribution in [1.29, 1.82) is 0 Å². The lowest BCUT2D eigenvalue weighted by atomic mass is 9.87. The van der Waals surface area contributed by atoms with Gasteiger partial charge in [0.05, 0.1) is 11.4 Å². The molecular formula is C58H35NO. The zero-order valence-electron chi connectivity index (χ0n) is 32.6. The Labute approximate surface area is 346 Å². The summed E-state index contributed by atoms with van der Waals surface area (Å²) in [5.74, 6) is 0. The molecule has 2 nitrogen and oxygen atoms in total. The molecule has 0 amide bonds. The summed E-state index contributed by atoms with van der Waals surface area (Å²) in [5, 5.41) is 17.5. The first-order chi connectivity index (χ1) is 29.8. The average molecular weight is 762 g/mol. The van der Waals surface area contributed by atoms with Crippen LogP contribution in [0.2, 0.25) is 0 Å². The number of para-hydroxylation sites is 3. The van der Waals surface area contributed by atoms with Crippen molar-refractivity contribution in [3.63, 3.8) is 0 Å². The number of hydrogen-bond donors (Lipinski definition) is 0. The maximum absolute atomic E-state index is 6.50. The minimum atomic E-state index is 0.905. The molecule has 0 aliphatic rings. The van der Waals surface area contributed by atoms with Crippen molar-refractivity contribution >= 4 is 104 Å². The van der Waals surface area contributed by atoms with Gasteiger partial charge in [-0.3, -0.25) is 0 Å². The van der Waals surface area contributed by atoms with Crippen LogP contribution in [0.1, 0.15) is 0 Å². The van der Waals surface area contributed by atoms with Gasteiger partial charge >= 0.3 is 0 Å². The SMILES string of the molecule is c1ccc(-c2ccccc2N(c2ccc(-c3cccc4c3oc3ccccc34)cc2)c2cc3cccc4c5cccc6ccc7cccc(c8cccc2c8c34)c7c65)cc1. The highest BCUT2D eigenvalue weighted by molar-refractivity contribution is 6.38. The highest BCUT2D eigenvalue weighted by atomic mass is 16.3. The molecule has 13 aromatic rings. The molecule has 0 saturated carbocycles. The molecule has 278 valence electrons. The molecule has 0 saturated heterocycles. The number of anilines is 3. The Bertz CT molecular complexity index is 3820. The predicted octanol–water partition coefficient (Wildman–Crippen LogP) is 16.7. The van der Waals surface area contributed by atoms with E-state index in [-0.39, 0.29) is 0 Å². The van der Waals surface area contributed by atoms with Gasteiger partial charge in [-0.1, -0.05) is 182 Å². The lowest BCUT2D eigenvalue weighted by Gasteiger charge is -2.30. The summed E-state index contributed by atoms with van der Waals surface area (Å²) in [6.45, 7) is 0. The second-order valence-electron chi connectivity index (χ2n) is 15.9. The van der Waals surface area contributed by atoms with Crippen molar-refractivity contribution in [1.82, 2.24) is 0 Å². The second-order valence-corrected chi connectivity index (χ2v) is 15.9. The summed E-state index contributed by atoms with van der Waals surface area (Å²) in [5.41, 5.74) is 9.66. The van der Waals surface area contributed by atoms with E-state index in [1.807, 2.05) is 6.07 Å². The van der Waals surface area contributed by atoms with E-state index in [1.54, 1.807) is 0 Å². The van der Waals surface area contributed by atoms with Crippen molar-refractivity contribution in [2.45, 2.75) is 0 Å². The smallest absolute Gasteiger partial charge is 0.143 e. The molecule has 0 bridgehead atoms. The third-order valence-corrected chi connectivity index (χ3v) is 12.8. The number of hydrogen-bond acceptors (Lipinski definition) is 2. The van der Waals surface area contributed by atoms with Gasteiger partial charge in [0.2, 0.25) is 0 Å². The molecule has 0 fully saturated rings. The fraction of sp³-hybridized carbons (Fsp3) is 0. The van der Waals surface area contributed by atoms with E-state index in [4.69, 9.17) is 4.42 Å². The van der Waals surface area contributed by atoms with Crippen molar-refractivity contribution in [3.05, 3.63) is 212 Å². The third-order valence-electron chi connectivity index (χ3n) is 12.8. The molecule has 0 unspecified atom stereocenters. The molecule has 12 aromatic carbocycles. The molecule has 0 aliphatic heterocycles. The zero-order chi connectivity index (χ0) is 39.3. The summed E-state index contributed by atoms with van der Waals surface area (Å²) >= 11 is 0. The van der Waals surface area contributed by atoms with Crippen LogP contribution in [-0.4, -0.2) is 0 Å². The minimum absolute atomic E-state index is 0.905. The van der Waals surface area contributed by atoms with Gasteiger partial charge in [0.15, 0.2) is 0 Å². The first-order valence-electron chi connectivity index (χ1n) is 20.7. The molecule has 0 N–H and O–H groups in total. The largest absolute Gasteiger partial charge is 0.455 e. The molecule has 1 aromatic heterocycles. The van der Waals surface area contributed by atoms with Crippen LogP contribution < -0.4 is 4.90 Å². The summed E-state index contributed by atoms with van der Waals surface area (Å²) in [6.07, 6.45) is 0. The molecule has 2 heteroatoms. The van der Waals surface area contributed by atoms with Gasteiger partial charge in [-0.05, 0) is 95.3 Å². The van der Waals surface area contributed by atoms with Gasteiger partial charge in [0, 0.05) is 38.4 Å². The van der Waals surface area contributed by atoms with Crippen LogP contribution in [0.5, 0.6) is 0 Å². The lowest BCUT2D eigenvalue weighted by molar-refractivity contribution is 0.670. The van der Waals surface area contributed by atoms with Gasteiger partial charge in [-0.15, -0.1) is 0 Å². The Balaban J connectivity index is 1.13. The first-order valence-corrected chi connectivity index (χ1v) is 20.7. The first kappa shape index (κ1) is 33.1. The molecule has 0 atom stereocenters. The Morgan fingerprint density at radius 3 is 1.57 bits per heavy atom. The van der Waals surface area contributed by atoms with E-state index in [2.05, 4.69) is 211 Å². The second kappa shape index (κ2) is 12.8. The Morgan fingerprint density at radius 1 is 0.300 bits per heavy atom. The summed E-state index contributed by atoms with van der Waals surface area (Å²) in [4.78, 5) is 2.48. The van der Waals surface area contributed by atoms with Crippen molar-refractivity contribution < 1.29 is 4.42 Å². The normalized spacial score (nSPS) is 12.0. The Kier molecular flexibility index (Phi) is 7.05. The number of fused-ring (bicyclic) bond motifs is 5. The summed E-state index contributed by atoms with van der Waals surface area (Å²) in [7, 11) is 0. The van der Waals surface area contributed by atoms with E-state index in [0.29, 0.717) is 0 Å². The average Bonchev–Trinajstić information content (AvgIpc) is 3.70. The third kappa shape index (κ3) is 4.76. The number of benzene rings is 11. The van der Waals surface area contributed by atoms with Gasteiger partial charge in [0.1, 0.15) is 11.2 Å². The fourth-order valence-corrected chi connectivity index (χ4v) is 10.2. The van der Waals surface area contributed by atoms with E-state index in [0.717, 1.165) is 50.1 Å². The maximum atomic E-state index is 6.50. The van der Waals surface area contributed by atoms with E-state index >= 15 is 0 Å². The monoisotopic (exact) mass is 761 g/mol. The van der Waals surface area contributed by atoms with Gasteiger partial charge in [0.25, 0.3) is 0 Å². The highest BCUT2D eigenvalue weighted by Gasteiger charge is 2.23. The van der Waals surface area contributed by atoms with Crippen LogP contribution in [-0.2, 0) is 0 Å². The van der Waals surface area contributed by atoms with Gasteiger partial charge < -0.3 is 9.32 Å². The molecule has 0 spiro atoms. The quantitative estimate of drug-likeness (QED) is 0.162. The summed E-state index contributed by atoms with van der Waals surface area (Å²) in [6, 6.07) is 77.7. The van der Waals surface area contributed by atoms with Crippen LogP contribution in [0, 0.1) is 0 Å². The lowest BCUT2D eigenvalue weighted by Crippen LogP contribution is -2.12. The van der Waals surface area contributed by atoms with Gasteiger partial charge in [-0.25, -0.2) is 0 Å². The summed E-state index contributed by atoms with van der Waals surface area (Å²) < 4.78 is 6.50. The molecule has 13 rings (SSSR count). The van der Waals surface area contributed by atoms with Crippen LogP contribution in [0.3, 0.4) is 0 Å². The fourth-order valence-electron chi connectivity index (χ4n) is 10.2. The molecule has 0 radical (unpaired) electrons. The molecule has 0 aliphatic carbocycles. The van der Waals surface area contributed by atoms with Gasteiger partial charge in [-0.2, -0.15) is 0 Å². The molecular weight excluding hydrogens is 727 g/mol. The Morgan fingerprint density at radius 2 is 0.817 bits per heavy atom. The number of rotatable bonds is 5. The molecule has 60 heavy (non-hydrogen) atoms. The number of furan rings is 1. The Hall–Kier alpha value is -7.94. The van der Waals surface area contributed by atoms with Crippen molar-refractivity contribution in [2.75, 3.05) is 4.90 Å². The topological polar surface area (TPSA) is 16.4 Å². The van der Waals surface area contributed by atoms with E-state index in [9.17, 15) is 0 Å². The maximum Gasteiger partial charge on any atom is 0.143 e. The van der Waals surface area contributed by atoms with Crippen molar-refractivity contribution in [2.24, 2.45) is 0 Å². The zero-order valence-corrected chi connectivity index (χ0v) is 32.6. The predicted molar refractivity (Wildman–Crippen MR) is 255 cm³/mol. The van der Waals surface area contributed by atoms with Crippen molar-refractivity contribution in [3.8, 4) is 22.3 Å². The van der Waals surface area contributed by atoms with Crippen LogP contribution in [0.4, 0.5) is 17.1 Å².